The summed E-state index contributed by atoms with van der Waals surface area (Å²) in [4.78, 5) is 4.46. The number of nitrogens with zero attached hydrogens (tertiary/aromatic N) is 2. The molecule has 0 unspecified atom stereocenters. The Labute approximate surface area is 114 Å². The molecule has 0 saturated heterocycles. The van der Waals surface area contributed by atoms with Crippen molar-refractivity contribution in [1.29, 1.82) is 5.26 Å². The zero-order valence-corrected chi connectivity index (χ0v) is 11.1. The molecule has 0 radical (unpaired) electrons. The Morgan fingerprint density at radius 2 is 2.00 bits per heavy atom. The maximum atomic E-state index is 8.44. The van der Waals surface area contributed by atoms with Gasteiger partial charge in [0.15, 0.2) is 0 Å². The molecule has 3 nitrogen and oxygen atoms in total. The van der Waals surface area contributed by atoms with Crippen LogP contribution in [0.2, 0.25) is 0 Å². The lowest BCUT2D eigenvalue weighted by Gasteiger charge is -2.06. The summed E-state index contributed by atoms with van der Waals surface area (Å²) in [6, 6.07) is 12.6. The van der Waals surface area contributed by atoms with E-state index in [9.17, 15) is 0 Å². The van der Waals surface area contributed by atoms with E-state index in [1.54, 1.807) is 0 Å². The molecule has 1 heterocycles. The molecule has 0 spiro atoms. The highest BCUT2D eigenvalue weighted by Gasteiger charge is 2.00. The number of fused-ring (bicyclic) bond motifs is 1. The van der Waals surface area contributed by atoms with Crippen molar-refractivity contribution in [2.45, 2.75) is 25.7 Å². The Morgan fingerprint density at radius 1 is 1.11 bits per heavy atom. The molecule has 2 aromatic rings. The molecule has 0 aliphatic carbocycles. The van der Waals surface area contributed by atoms with Crippen molar-refractivity contribution >= 4 is 10.9 Å². The van der Waals surface area contributed by atoms with Crippen molar-refractivity contribution in [3.05, 3.63) is 42.1 Å². The number of pyridine rings is 1. The summed E-state index contributed by atoms with van der Waals surface area (Å²) in [6.45, 7) is 1.95. The maximum absolute atomic E-state index is 8.44. The van der Waals surface area contributed by atoms with Gasteiger partial charge >= 0.3 is 0 Å². The number of rotatable bonds is 7. The van der Waals surface area contributed by atoms with Gasteiger partial charge in [0.1, 0.15) is 0 Å². The van der Waals surface area contributed by atoms with Crippen molar-refractivity contribution < 1.29 is 0 Å². The first-order chi connectivity index (χ1) is 9.42. The fraction of sp³-hybridized carbons (Fsp3) is 0.375. The van der Waals surface area contributed by atoms with Crippen LogP contribution in [0.5, 0.6) is 0 Å². The van der Waals surface area contributed by atoms with Crippen molar-refractivity contribution in [2.75, 3.05) is 13.1 Å². The van der Waals surface area contributed by atoms with Crippen LogP contribution in [-0.4, -0.2) is 18.1 Å². The second-order valence-electron chi connectivity index (χ2n) is 4.61. The van der Waals surface area contributed by atoms with Crippen molar-refractivity contribution in [3.8, 4) is 6.07 Å². The molecule has 1 aromatic heterocycles. The average molecular weight is 253 g/mol. The lowest BCUT2D eigenvalue weighted by molar-refractivity contribution is 0.629. The quantitative estimate of drug-likeness (QED) is 0.771. The number of hydrogen-bond donors (Lipinski definition) is 1. The van der Waals surface area contributed by atoms with E-state index in [2.05, 4.69) is 40.6 Å². The first-order valence-electron chi connectivity index (χ1n) is 6.82. The minimum Gasteiger partial charge on any atom is -0.316 e. The molecular weight excluding hydrogens is 234 g/mol. The SMILES string of the molecule is N#CCCCCNCCc1cccc2cccnc12. The Morgan fingerprint density at radius 3 is 2.89 bits per heavy atom. The second kappa shape index (κ2) is 7.50. The van der Waals surface area contributed by atoms with Crippen LogP contribution in [0.25, 0.3) is 10.9 Å². The summed E-state index contributed by atoms with van der Waals surface area (Å²) < 4.78 is 0. The fourth-order valence-electron chi connectivity index (χ4n) is 2.17. The van der Waals surface area contributed by atoms with Crippen LogP contribution in [0, 0.1) is 11.3 Å². The van der Waals surface area contributed by atoms with Gasteiger partial charge < -0.3 is 5.32 Å². The zero-order valence-electron chi connectivity index (χ0n) is 11.1. The summed E-state index contributed by atoms with van der Waals surface area (Å²) in [5.74, 6) is 0. The number of aromatic nitrogens is 1. The van der Waals surface area contributed by atoms with Gasteiger partial charge in [-0.05, 0) is 44.0 Å². The van der Waals surface area contributed by atoms with Crippen LogP contribution >= 0.6 is 0 Å². The number of unbranched alkanes of at least 4 members (excludes halogenated alkanes) is 2. The van der Waals surface area contributed by atoms with Gasteiger partial charge in [0.05, 0.1) is 11.6 Å². The molecule has 3 heteroatoms. The molecule has 19 heavy (non-hydrogen) atoms. The van der Waals surface area contributed by atoms with E-state index in [0.29, 0.717) is 6.42 Å². The molecule has 0 atom stereocenters. The number of nitriles is 1. The molecule has 1 aromatic carbocycles. The highest BCUT2D eigenvalue weighted by atomic mass is 14.8. The smallest absolute Gasteiger partial charge is 0.0734 e. The topological polar surface area (TPSA) is 48.7 Å². The molecule has 2 rings (SSSR count). The minimum absolute atomic E-state index is 0.662. The molecule has 0 fully saturated rings. The number of nitrogens with one attached hydrogen (secondary N) is 1. The summed E-state index contributed by atoms with van der Waals surface area (Å²) in [5.41, 5.74) is 2.40. The predicted molar refractivity (Wildman–Crippen MR) is 77.8 cm³/mol. The number of benzene rings is 1. The zero-order chi connectivity index (χ0) is 13.3. The van der Waals surface area contributed by atoms with E-state index in [1.165, 1.54) is 10.9 Å². The molecule has 0 aliphatic heterocycles. The highest BCUT2D eigenvalue weighted by Crippen LogP contribution is 2.15. The normalized spacial score (nSPS) is 10.5. The van der Waals surface area contributed by atoms with Crippen LogP contribution in [-0.2, 0) is 6.42 Å². The summed E-state index contributed by atoms with van der Waals surface area (Å²) in [7, 11) is 0. The largest absolute Gasteiger partial charge is 0.316 e. The van der Waals surface area contributed by atoms with Gasteiger partial charge in [0, 0.05) is 18.0 Å². The van der Waals surface area contributed by atoms with Crippen molar-refractivity contribution in [3.63, 3.8) is 0 Å². The van der Waals surface area contributed by atoms with E-state index in [1.807, 2.05) is 12.3 Å². The summed E-state index contributed by atoms with van der Waals surface area (Å²) >= 11 is 0. The molecule has 0 saturated carbocycles. The summed E-state index contributed by atoms with van der Waals surface area (Å²) in [5, 5.41) is 13.1. The van der Waals surface area contributed by atoms with Crippen molar-refractivity contribution in [1.82, 2.24) is 10.3 Å². The van der Waals surface area contributed by atoms with Crippen LogP contribution in [0.4, 0.5) is 0 Å². The third-order valence-corrected chi connectivity index (χ3v) is 3.18. The molecule has 0 bridgehead atoms. The van der Waals surface area contributed by atoms with Crippen LogP contribution in [0.15, 0.2) is 36.5 Å². The van der Waals surface area contributed by atoms with Crippen LogP contribution in [0.3, 0.4) is 0 Å². The Bertz CT molecular complexity index is 552. The standard InChI is InChI=1S/C16H19N3/c17-10-2-1-3-11-18-13-9-15-7-4-6-14-8-5-12-19-16(14)15/h4-8,12,18H,1-3,9,11,13H2. The second-order valence-corrected chi connectivity index (χ2v) is 4.61. The molecule has 0 amide bonds. The van der Waals surface area contributed by atoms with Gasteiger partial charge in [0.25, 0.3) is 0 Å². The highest BCUT2D eigenvalue weighted by molar-refractivity contribution is 5.81. The van der Waals surface area contributed by atoms with E-state index in [-0.39, 0.29) is 0 Å². The first-order valence-corrected chi connectivity index (χ1v) is 6.82. The first kappa shape index (κ1) is 13.5. The third-order valence-electron chi connectivity index (χ3n) is 3.18. The van der Waals surface area contributed by atoms with Gasteiger partial charge in [-0.15, -0.1) is 0 Å². The predicted octanol–water partition coefficient (Wildman–Crippen LogP) is 3.06. The molecular formula is C16H19N3. The van der Waals surface area contributed by atoms with E-state index < -0.39 is 0 Å². The van der Waals surface area contributed by atoms with Crippen LogP contribution < -0.4 is 5.32 Å². The van der Waals surface area contributed by atoms with Gasteiger partial charge in [-0.3, -0.25) is 4.98 Å². The minimum atomic E-state index is 0.662. The lowest BCUT2D eigenvalue weighted by atomic mass is 10.1. The van der Waals surface area contributed by atoms with Crippen LogP contribution in [0.1, 0.15) is 24.8 Å². The molecule has 0 aliphatic rings. The van der Waals surface area contributed by atoms with Gasteiger partial charge in [0.2, 0.25) is 0 Å². The Balaban J connectivity index is 1.80. The van der Waals surface area contributed by atoms with E-state index in [4.69, 9.17) is 5.26 Å². The molecule has 98 valence electrons. The van der Waals surface area contributed by atoms with E-state index >= 15 is 0 Å². The lowest BCUT2D eigenvalue weighted by Crippen LogP contribution is -2.18. The summed E-state index contributed by atoms with van der Waals surface area (Å²) in [6.07, 6.45) is 5.56. The van der Waals surface area contributed by atoms with Gasteiger partial charge in [-0.2, -0.15) is 5.26 Å². The van der Waals surface area contributed by atoms with Gasteiger partial charge in [-0.25, -0.2) is 0 Å². The fourth-order valence-corrected chi connectivity index (χ4v) is 2.17. The Kier molecular flexibility index (Phi) is 5.33. The van der Waals surface area contributed by atoms with E-state index in [0.717, 1.165) is 37.9 Å². The number of para-hydroxylation sites is 1. The Hall–Kier alpha value is -1.92. The number of hydrogen-bond acceptors (Lipinski definition) is 3. The third kappa shape index (κ3) is 4.04. The van der Waals surface area contributed by atoms with Gasteiger partial charge in [-0.1, -0.05) is 24.3 Å². The molecule has 1 N–H and O–H groups in total. The van der Waals surface area contributed by atoms with Crippen molar-refractivity contribution in [2.24, 2.45) is 0 Å². The monoisotopic (exact) mass is 253 g/mol. The maximum Gasteiger partial charge on any atom is 0.0734 e. The average Bonchev–Trinajstić information content (AvgIpc) is 2.46.